The molecule has 6 nitrogen and oxygen atoms in total. The number of ketones is 1. The van der Waals surface area contributed by atoms with Crippen LogP contribution >= 0.6 is 0 Å². The van der Waals surface area contributed by atoms with Crippen molar-refractivity contribution in [1.29, 1.82) is 0 Å². The van der Waals surface area contributed by atoms with Gasteiger partial charge in [0.25, 0.3) is 0 Å². The molecule has 3 aliphatic heterocycles. The standard InChI is InChI=1S/C22H25NO5/c1-2-3-4-5-19(25)28-22-16(24)8-13-6-7-23-11-14-9-17-18(27-12-26-17)10-15(14)20(22)21(13)23/h8-10,20-22H,2-7,11-12H2,1H3/t20-,21?,22+/m0/s1. The quantitative estimate of drug-likeness (QED) is 0.575. The van der Waals surface area contributed by atoms with Gasteiger partial charge in [0.05, 0.1) is 0 Å². The summed E-state index contributed by atoms with van der Waals surface area (Å²) < 4.78 is 16.9. The smallest absolute Gasteiger partial charge is 0.306 e. The van der Waals surface area contributed by atoms with Gasteiger partial charge in [-0.15, -0.1) is 0 Å². The Kier molecular flexibility index (Phi) is 4.38. The van der Waals surface area contributed by atoms with Crippen molar-refractivity contribution in [3.8, 4) is 11.5 Å². The number of carbonyl (C=O) groups excluding carboxylic acids is 2. The van der Waals surface area contributed by atoms with Gasteiger partial charge in [-0.2, -0.15) is 0 Å². The van der Waals surface area contributed by atoms with Crippen molar-refractivity contribution in [3.63, 3.8) is 0 Å². The third kappa shape index (κ3) is 2.82. The van der Waals surface area contributed by atoms with Gasteiger partial charge < -0.3 is 14.2 Å². The van der Waals surface area contributed by atoms with Crippen molar-refractivity contribution in [2.45, 2.75) is 63.6 Å². The van der Waals surface area contributed by atoms with E-state index in [1.54, 1.807) is 6.08 Å². The summed E-state index contributed by atoms with van der Waals surface area (Å²) in [5, 5.41) is 0. The van der Waals surface area contributed by atoms with Gasteiger partial charge in [-0.3, -0.25) is 14.5 Å². The molecule has 0 N–H and O–H groups in total. The molecule has 0 saturated carbocycles. The van der Waals surface area contributed by atoms with Crippen LogP contribution in [0.4, 0.5) is 0 Å². The van der Waals surface area contributed by atoms with Gasteiger partial charge in [-0.1, -0.05) is 19.8 Å². The van der Waals surface area contributed by atoms with Gasteiger partial charge >= 0.3 is 5.97 Å². The molecule has 1 saturated heterocycles. The predicted octanol–water partition coefficient (Wildman–Crippen LogP) is 3.09. The Morgan fingerprint density at radius 3 is 2.89 bits per heavy atom. The number of rotatable bonds is 5. The summed E-state index contributed by atoms with van der Waals surface area (Å²) in [6.07, 6.45) is 5.05. The van der Waals surface area contributed by atoms with Crippen LogP contribution in [0.3, 0.4) is 0 Å². The molecule has 0 radical (unpaired) electrons. The van der Waals surface area contributed by atoms with E-state index in [0.717, 1.165) is 61.2 Å². The van der Waals surface area contributed by atoms with Crippen molar-refractivity contribution in [2.75, 3.05) is 13.3 Å². The molecular formula is C22H25NO5. The highest BCUT2D eigenvalue weighted by molar-refractivity contribution is 5.98. The zero-order chi connectivity index (χ0) is 19.3. The van der Waals surface area contributed by atoms with E-state index in [0.29, 0.717) is 12.2 Å². The van der Waals surface area contributed by atoms with E-state index in [1.807, 2.05) is 12.1 Å². The number of esters is 1. The summed E-state index contributed by atoms with van der Waals surface area (Å²) in [6.45, 7) is 4.05. The average molecular weight is 383 g/mol. The van der Waals surface area contributed by atoms with Crippen LogP contribution in [0.25, 0.3) is 0 Å². The minimum Gasteiger partial charge on any atom is -0.454 e. The number of fused-ring (bicyclic) bond motifs is 3. The maximum Gasteiger partial charge on any atom is 0.306 e. The highest BCUT2D eigenvalue weighted by Crippen LogP contribution is 2.49. The summed E-state index contributed by atoms with van der Waals surface area (Å²) >= 11 is 0. The Morgan fingerprint density at radius 1 is 1.25 bits per heavy atom. The van der Waals surface area contributed by atoms with Crippen LogP contribution in [0.15, 0.2) is 23.8 Å². The largest absolute Gasteiger partial charge is 0.454 e. The molecule has 0 spiro atoms. The third-order valence-electron chi connectivity index (χ3n) is 6.35. The second kappa shape index (κ2) is 6.92. The number of unbranched alkanes of at least 4 members (excludes halogenated alkanes) is 2. The summed E-state index contributed by atoms with van der Waals surface area (Å²) in [6, 6.07) is 4.14. The van der Waals surface area contributed by atoms with Crippen LogP contribution in [-0.2, 0) is 20.9 Å². The number of ether oxygens (including phenoxy) is 3. The van der Waals surface area contributed by atoms with E-state index in [1.165, 1.54) is 0 Å². The molecule has 0 amide bonds. The van der Waals surface area contributed by atoms with Crippen LogP contribution in [0.1, 0.15) is 56.1 Å². The zero-order valence-corrected chi connectivity index (χ0v) is 16.1. The SMILES string of the molecule is CCCCCC(=O)O[C@@H]1C(=O)C=C2CCN3Cc4cc5c(cc4[C@H]1C23)OCO5. The first-order chi connectivity index (χ1) is 13.7. The maximum absolute atomic E-state index is 12.9. The number of nitrogens with zero attached hydrogens (tertiary/aromatic N) is 1. The first kappa shape index (κ1) is 17.7. The van der Waals surface area contributed by atoms with E-state index in [2.05, 4.69) is 11.8 Å². The molecule has 148 valence electrons. The minimum absolute atomic E-state index is 0.0903. The number of hydrogen-bond donors (Lipinski definition) is 0. The van der Waals surface area contributed by atoms with E-state index >= 15 is 0 Å². The van der Waals surface area contributed by atoms with E-state index < -0.39 is 6.10 Å². The summed E-state index contributed by atoms with van der Waals surface area (Å²) in [4.78, 5) is 27.7. The van der Waals surface area contributed by atoms with E-state index in [9.17, 15) is 9.59 Å². The second-order valence-electron chi connectivity index (χ2n) is 8.08. The Labute approximate surface area is 164 Å². The zero-order valence-electron chi connectivity index (χ0n) is 16.1. The van der Waals surface area contributed by atoms with Gasteiger partial charge in [-0.25, -0.2) is 0 Å². The van der Waals surface area contributed by atoms with Crippen LogP contribution in [0.5, 0.6) is 11.5 Å². The molecule has 0 bridgehead atoms. The third-order valence-corrected chi connectivity index (χ3v) is 6.35. The van der Waals surface area contributed by atoms with E-state index in [-0.39, 0.29) is 30.5 Å². The second-order valence-corrected chi connectivity index (χ2v) is 8.08. The molecule has 3 atom stereocenters. The highest BCUT2D eigenvalue weighted by atomic mass is 16.7. The molecule has 1 aromatic carbocycles. The van der Waals surface area contributed by atoms with Gasteiger partial charge in [0.1, 0.15) is 0 Å². The van der Waals surface area contributed by atoms with Gasteiger partial charge in [0.2, 0.25) is 6.79 Å². The summed E-state index contributed by atoms with van der Waals surface area (Å²) in [5.41, 5.74) is 3.35. The Morgan fingerprint density at radius 2 is 2.07 bits per heavy atom. The van der Waals surface area contributed by atoms with E-state index in [4.69, 9.17) is 14.2 Å². The molecule has 1 unspecified atom stereocenters. The molecular weight excluding hydrogens is 358 g/mol. The fourth-order valence-corrected chi connectivity index (χ4v) is 5.04. The summed E-state index contributed by atoms with van der Waals surface area (Å²) in [5.74, 6) is 0.918. The van der Waals surface area contributed by atoms with Gasteiger partial charge in [0.15, 0.2) is 23.4 Å². The number of carbonyl (C=O) groups is 2. The molecule has 1 fully saturated rings. The molecule has 3 heterocycles. The van der Waals surface area contributed by atoms with Gasteiger partial charge in [-0.05, 0) is 47.8 Å². The normalized spacial score (nSPS) is 27.2. The monoisotopic (exact) mass is 383 g/mol. The van der Waals surface area contributed by atoms with Gasteiger partial charge in [0, 0.05) is 31.5 Å². The molecule has 0 aromatic heterocycles. The molecule has 4 aliphatic rings. The van der Waals surface area contributed by atoms with Crippen molar-refractivity contribution < 1.29 is 23.8 Å². The van der Waals surface area contributed by atoms with Crippen LogP contribution < -0.4 is 9.47 Å². The summed E-state index contributed by atoms with van der Waals surface area (Å²) in [7, 11) is 0. The minimum atomic E-state index is -0.761. The molecule has 5 rings (SSSR count). The Balaban J connectivity index is 1.50. The molecule has 1 aromatic rings. The van der Waals surface area contributed by atoms with Crippen LogP contribution in [0.2, 0.25) is 0 Å². The van der Waals surface area contributed by atoms with Crippen molar-refractivity contribution in [1.82, 2.24) is 4.90 Å². The Hall–Kier alpha value is -2.34. The van der Waals surface area contributed by atoms with Crippen molar-refractivity contribution >= 4 is 11.8 Å². The van der Waals surface area contributed by atoms with Crippen molar-refractivity contribution in [3.05, 3.63) is 34.9 Å². The lowest BCUT2D eigenvalue weighted by molar-refractivity contribution is -0.156. The topological polar surface area (TPSA) is 65.1 Å². The fraction of sp³-hybridized carbons (Fsp3) is 0.545. The van der Waals surface area contributed by atoms with Crippen LogP contribution in [-0.4, -0.2) is 42.1 Å². The number of hydrogen-bond acceptors (Lipinski definition) is 6. The Bertz CT molecular complexity index is 861. The lowest BCUT2D eigenvalue weighted by Gasteiger charge is -2.43. The maximum atomic E-state index is 12.9. The molecule has 6 heteroatoms. The van der Waals surface area contributed by atoms with Crippen LogP contribution in [0, 0.1) is 0 Å². The lowest BCUT2D eigenvalue weighted by atomic mass is 9.73. The number of benzene rings is 1. The molecule has 28 heavy (non-hydrogen) atoms. The molecule has 1 aliphatic carbocycles. The first-order valence-corrected chi connectivity index (χ1v) is 10.3. The first-order valence-electron chi connectivity index (χ1n) is 10.3. The average Bonchev–Trinajstić information content (AvgIpc) is 3.29. The lowest BCUT2D eigenvalue weighted by Crippen LogP contribution is -2.50. The fourth-order valence-electron chi connectivity index (χ4n) is 5.04. The highest BCUT2D eigenvalue weighted by Gasteiger charge is 2.50. The van der Waals surface area contributed by atoms with Crippen molar-refractivity contribution in [2.24, 2.45) is 0 Å². The predicted molar refractivity (Wildman–Crippen MR) is 101 cm³/mol.